The number of hydrogen-bond donors (Lipinski definition) is 1. The first-order valence-electron chi connectivity index (χ1n) is 5.26. The highest BCUT2D eigenvalue weighted by molar-refractivity contribution is 14.1. The minimum absolute atomic E-state index is 0.199. The molecule has 0 aliphatic carbocycles. The number of carbonyl (C=O) groups excluding carboxylic acids is 1. The molecule has 1 N–H and O–H groups in total. The minimum Gasteiger partial charge on any atom is -0.320 e. The van der Waals surface area contributed by atoms with E-state index in [9.17, 15) is 4.79 Å². The van der Waals surface area contributed by atoms with Crippen LogP contribution in [0.2, 0.25) is 0 Å². The lowest BCUT2D eigenvalue weighted by molar-refractivity contribution is 0.102. The summed E-state index contributed by atoms with van der Waals surface area (Å²) in [7, 11) is 0. The molecule has 92 valence electrons. The zero-order valence-corrected chi connectivity index (χ0v) is 13.3. The predicted molar refractivity (Wildman–Crippen MR) is 83.8 cm³/mol. The Bertz CT molecular complexity index is 601. The second kappa shape index (κ2) is 5.79. The van der Waals surface area contributed by atoms with Crippen LogP contribution in [0.1, 0.15) is 16.1 Å². The molecule has 1 aromatic heterocycles. The molecule has 1 aromatic carbocycles. The standard InChI is InChI=1S/C13H10BrIN2O/c1-8-3-2-6-16-12(8)13(18)17-11-5-4-9(15)7-10(11)14/h2-7H,1H3,(H,17,18). The zero-order chi connectivity index (χ0) is 13.1. The van der Waals surface area contributed by atoms with Crippen LogP contribution in [0.15, 0.2) is 41.0 Å². The number of benzene rings is 1. The number of nitrogens with zero attached hydrogens (tertiary/aromatic N) is 1. The van der Waals surface area contributed by atoms with E-state index in [4.69, 9.17) is 0 Å². The number of nitrogens with one attached hydrogen (secondary N) is 1. The van der Waals surface area contributed by atoms with Crippen molar-refractivity contribution in [1.29, 1.82) is 0 Å². The van der Waals surface area contributed by atoms with Crippen LogP contribution >= 0.6 is 38.5 Å². The monoisotopic (exact) mass is 416 g/mol. The van der Waals surface area contributed by atoms with E-state index >= 15 is 0 Å². The van der Waals surface area contributed by atoms with Gasteiger partial charge in [0.05, 0.1) is 5.69 Å². The van der Waals surface area contributed by atoms with Crippen molar-refractivity contribution in [3.8, 4) is 0 Å². The second-order valence-electron chi connectivity index (χ2n) is 3.75. The van der Waals surface area contributed by atoms with E-state index in [-0.39, 0.29) is 5.91 Å². The van der Waals surface area contributed by atoms with Crippen LogP contribution in [-0.2, 0) is 0 Å². The molecule has 0 aliphatic rings. The van der Waals surface area contributed by atoms with Crippen molar-refractivity contribution in [3.63, 3.8) is 0 Å². The first-order valence-corrected chi connectivity index (χ1v) is 7.13. The fraction of sp³-hybridized carbons (Fsp3) is 0.0769. The first kappa shape index (κ1) is 13.5. The number of rotatable bonds is 2. The summed E-state index contributed by atoms with van der Waals surface area (Å²) in [4.78, 5) is 16.2. The molecule has 3 nitrogen and oxygen atoms in total. The number of pyridine rings is 1. The van der Waals surface area contributed by atoms with Gasteiger partial charge in [0.25, 0.3) is 5.91 Å². The third-order valence-corrected chi connectivity index (χ3v) is 3.73. The third kappa shape index (κ3) is 3.08. The summed E-state index contributed by atoms with van der Waals surface area (Å²) in [5, 5.41) is 2.84. The lowest BCUT2D eigenvalue weighted by Crippen LogP contribution is -2.15. The van der Waals surface area contributed by atoms with Gasteiger partial charge in [0.2, 0.25) is 0 Å². The molecule has 18 heavy (non-hydrogen) atoms. The number of hydrogen-bond acceptors (Lipinski definition) is 2. The Morgan fingerprint density at radius 1 is 1.39 bits per heavy atom. The molecule has 0 aliphatic heterocycles. The molecule has 0 saturated carbocycles. The number of aryl methyl sites for hydroxylation is 1. The Labute approximate surface area is 127 Å². The third-order valence-electron chi connectivity index (χ3n) is 2.40. The van der Waals surface area contributed by atoms with Crippen LogP contribution in [0.4, 0.5) is 5.69 Å². The Hall–Kier alpha value is -0.950. The number of anilines is 1. The average Bonchev–Trinajstić information content (AvgIpc) is 2.33. The van der Waals surface area contributed by atoms with Crippen LogP contribution in [-0.4, -0.2) is 10.9 Å². The SMILES string of the molecule is Cc1cccnc1C(=O)Nc1ccc(I)cc1Br. The molecule has 0 saturated heterocycles. The normalized spacial score (nSPS) is 10.2. The van der Waals surface area contributed by atoms with Crippen molar-refractivity contribution in [1.82, 2.24) is 4.98 Å². The van der Waals surface area contributed by atoms with Crippen molar-refractivity contribution >= 4 is 50.1 Å². The topological polar surface area (TPSA) is 42.0 Å². The van der Waals surface area contributed by atoms with E-state index in [0.29, 0.717) is 5.69 Å². The molecule has 5 heteroatoms. The predicted octanol–water partition coefficient (Wildman–Crippen LogP) is 4.01. The van der Waals surface area contributed by atoms with E-state index in [1.807, 2.05) is 37.3 Å². The van der Waals surface area contributed by atoms with Crippen LogP contribution in [0.3, 0.4) is 0 Å². The summed E-state index contributed by atoms with van der Waals surface area (Å²) in [5.74, 6) is -0.199. The van der Waals surface area contributed by atoms with Gasteiger partial charge in [-0.05, 0) is 75.3 Å². The molecule has 1 heterocycles. The van der Waals surface area contributed by atoms with E-state index in [1.165, 1.54) is 0 Å². The summed E-state index contributed by atoms with van der Waals surface area (Å²) < 4.78 is 1.96. The number of aromatic nitrogens is 1. The van der Waals surface area contributed by atoms with Gasteiger partial charge in [0.1, 0.15) is 5.69 Å². The number of amides is 1. The van der Waals surface area contributed by atoms with Gasteiger partial charge < -0.3 is 5.32 Å². The molecule has 0 unspecified atom stereocenters. The van der Waals surface area contributed by atoms with Gasteiger partial charge in [0.15, 0.2) is 0 Å². The largest absolute Gasteiger partial charge is 0.320 e. The second-order valence-corrected chi connectivity index (χ2v) is 5.85. The zero-order valence-electron chi connectivity index (χ0n) is 9.58. The van der Waals surface area contributed by atoms with Crippen molar-refractivity contribution < 1.29 is 4.79 Å². The Balaban J connectivity index is 2.24. The lowest BCUT2D eigenvalue weighted by Gasteiger charge is -2.08. The van der Waals surface area contributed by atoms with Crippen molar-refractivity contribution in [2.75, 3.05) is 5.32 Å². The molecule has 0 bridgehead atoms. The van der Waals surface area contributed by atoms with E-state index < -0.39 is 0 Å². The average molecular weight is 417 g/mol. The molecule has 2 rings (SSSR count). The van der Waals surface area contributed by atoms with Crippen LogP contribution in [0.25, 0.3) is 0 Å². The van der Waals surface area contributed by atoms with Crippen molar-refractivity contribution in [2.45, 2.75) is 6.92 Å². The highest BCUT2D eigenvalue weighted by atomic mass is 127. The van der Waals surface area contributed by atoms with Gasteiger partial charge in [-0.15, -0.1) is 0 Å². The fourth-order valence-electron chi connectivity index (χ4n) is 1.50. The molecule has 2 aromatic rings. The van der Waals surface area contributed by atoms with E-state index in [2.05, 4.69) is 48.8 Å². The van der Waals surface area contributed by atoms with Crippen molar-refractivity contribution in [3.05, 3.63) is 55.8 Å². The highest BCUT2D eigenvalue weighted by Crippen LogP contribution is 2.24. The highest BCUT2D eigenvalue weighted by Gasteiger charge is 2.11. The summed E-state index contributed by atoms with van der Waals surface area (Å²) in [6, 6.07) is 9.42. The van der Waals surface area contributed by atoms with E-state index in [1.54, 1.807) is 6.20 Å². The molecule has 0 spiro atoms. The number of halogens is 2. The Morgan fingerprint density at radius 2 is 2.17 bits per heavy atom. The quantitative estimate of drug-likeness (QED) is 0.751. The fourth-order valence-corrected chi connectivity index (χ4v) is 2.89. The van der Waals surface area contributed by atoms with Gasteiger partial charge >= 0.3 is 0 Å². The molecule has 1 amide bonds. The lowest BCUT2D eigenvalue weighted by atomic mass is 10.2. The van der Waals surface area contributed by atoms with Crippen LogP contribution < -0.4 is 5.32 Å². The molecular formula is C13H10BrIN2O. The maximum Gasteiger partial charge on any atom is 0.274 e. The van der Waals surface area contributed by atoms with Gasteiger partial charge in [0, 0.05) is 14.2 Å². The molecule has 0 fully saturated rings. The molecule has 0 radical (unpaired) electrons. The Morgan fingerprint density at radius 3 is 2.83 bits per heavy atom. The summed E-state index contributed by atoms with van der Waals surface area (Å²) in [6.07, 6.45) is 1.62. The van der Waals surface area contributed by atoms with Gasteiger partial charge in [-0.2, -0.15) is 0 Å². The first-order chi connectivity index (χ1) is 8.58. The molecule has 0 atom stereocenters. The number of carbonyl (C=O) groups is 1. The van der Waals surface area contributed by atoms with Gasteiger partial charge in [-0.1, -0.05) is 6.07 Å². The summed E-state index contributed by atoms with van der Waals surface area (Å²) >= 11 is 5.64. The van der Waals surface area contributed by atoms with Crippen molar-refractivity contribution in [2.24, 2.45) is 0 Å². The smallest absolute Gasteiger partial charge is 0.274 e. The minimum atomic E-state index is -0.199. The molecular weight excluding hydrogens is 407 g/mol. The maximum atomic E-state index is 12.1. The Kier molecular flexibility index (Phi) is 4.34. The van der Waals surface area contributed by atoms with Crippen LogP contribution in [0, 0.1) is 10.5 Å². The summed E-state index contributed by atoms with van der Waals surface area (Å²) in [6.45, 7) is 1.87. The van der Waals surface area contributed by atoms with Crippen LogP contribution in [0.5, 0.6) is 0 Å². The van der Waals surface area contributed by atoms with Gasteiger partial charge in [-0.3, -0.25) is 9.78 Å². The summed E-state index contributed by atoms with van der Waals surface area (Å²) in [5.41, 5.74) is 2.05. The van der Waals surface area contributed by atoms with E-state index in [0.717, 1.165) is 19.3 Å². The maximum absolute atomic E-state index is 12.1. The van der Waals surface area contributed by atoms with Gasteiger partial charge in [-0.25, -0.2) is 0 Å².